The Bertz CT molecular complexity index is 246. The van der Waals surface area contributed by atoms with Crippen LogP contribution in [0.5, 0.6) is 0 Å². The molecule has 0 N–H and O–H groups in total. The van der Waals surface area contributed by atoms with Gasteiger partial charge in [0.25, 0.3) is 0 Å². The van der Waals surface area contributed by atoms with Gasteiger partial charge < -0.3 is 0 Å². The van der Waals surface area contributed by atoms with Crippen molar-refractivity contribution in [1.29, 1.82) is 0 Å². The molecular formula is C9H10Cl2O. The van der Waals surface area contributed by atoms with E-state index in [1.165, 1.54) is 6.92 Å². The van der Waals surface area contributed by atoms with Crippen LogP contribution >= 0.6 is 24.0 Å². The van der Waals surface area contributed by atoms with E-state index in [1.807, 2.05) is 30.3 Å². The van der Waals surface area contributed by atoms with E-state index in [4.69, 9.17) is 11.6 Å². The van der Waals surface area contributed by atoms with Crippen LogP contribution in [0.1, 0.15) is 17.9 Å². The molecule has 1 unspecified atom stereocenters. The van der Waals surface area contributed by atoms with Crippen LogP contribution in [-0.2, 0) is 4.79 Å². The molecule has 0 aliphatic heterocycles. The van der Waals surface area contributed by atoms with Crippen molar-refractivity contribution in [1.82, 2.24) is 0 Å². The standard InChI is InChI=1S/C9H9ClO.ClH/c1-7(11)9(10)8-5-3-2-4-6-8;/h2-6,9H,1H3;1H. The largest absolute Gasteiger partial charge is 0.298 e. The van der Waals surface area contributed by atoms with Crippen LogP contribution < -0.4 is 0 Å². The summed E-state index contributed by atoms with van der Waals surface area (Å²) in [5.41, 5.74) is 0.863. The van der Waals surface area contributed by atoms with Gasteiger partial charge in [0, 0.05) is 0 Å². The Balaban J connectivity index is 0.00000121. The third-order valence-corrected chi connectivity index (χ3v) is 2.01. The SMILES string of the molecule is CC(=O)C(Cl)c1ccccc1.Cl. The maximum atomic E-state index is 10.8. The molecule has 1 nitrogen and oxygen atoms in total. The lowest BCUT2D eigenvalue weighted by Gasteiger charge is -2.03. The Hall–Kier alpha value is -0.530. The van der Waals surface area contributed by atoms with Crippen molar-refractivity contribution in [2.45, 2.75) is 12.3 Å². The van der Waals surface area contributed by atoms with Crippen LogP contribution in [0.4, 0.5) is 0 Å². The Kier molecular flexibility index (Phi) is 4.95. The molecule has 1 aromatic carbocycles. The minimum absolute atomic E-state index is 0. The summed E-state index contributed by atoms with van der Waals surface area (Å²) < 4.78 is 0. The predicted molar refractivity (Wildman–Crippen MR) is 53.0 cm³/mol. The number of alkyl halides is 1. The van der Waals surface area contributed by atoms with Crippen LogP contribution in [0, 0.1) is 0 Å². The van der Waals surface area contributed by atoms with Crippen molar-refractivity contribution < 1.29 is 4.79 Å². The fraction of sp³-hybridized carbons (Fsp3) is 0.222. The second-order valence-electron chi connectivity index (χ2n) is 2.38. The van der Waals surface area contributed by atoms with Gasteiger partial charge in [-0.25, -0.2) is 0 Å². The lowest BCUT2D eigenvalue weighted by molar-refractivity contribution is -0.116. The average Bonchev–Trinajstić information content (AvgIpc) is 2.05. The van der Waals surface area contributed by atoms with Crippen molar-refractivity contribution in [2.24, 2.45) is 0 Å². The van der Waals surface area contributed by atoms with E-state index < -0.39 is 5.38 Å². The highest BCUT2D eigenvalue weighted by atomic mass is 35.5. The normalized spacial score (nSPS) is 11.5. The van der Waals surface area contributed by atoms with Gasteiger partial charge in [-0.3, -0.25) is 4.79 Å². The summed E-state index contributed by atoms with van der Waals surface area (Å²) in [6, 6.07) is 9.33. The predicted octanol–water partition coefficient (Wildman–Crippen LogP) is 2.98. The van der Waals surface area contributed by atoms with Gasteiger partial charge in [-0.05, 0) is 12.5 Å². The molecule has 1 aromatic rings. The monoisotopic (exact) mass is 204 g/mol. The first-order valence-electron chi connectivity index (χ1n) is 3.41. The third-order valence-electron chi connectivity index (χ3n) is 1.45. The zero-order valence-electron chi connectivity index (χ0n) is 6.66. The first kappa shape index (κ1) is 11.5. The molecule has 0 radical (unpaired) electrons. The summed E-state index contributed by atoms with van der Waals surface area (Å²) in [7, 11) is 0. The molecule has 3 heteroatoms. The van der Waals surface area contributed by atoms with E-state index in [9.17, 15) is 4.79 Å². The average molecular weight is 205 g/mol. The molecule has 0 amide bonds. The smallest absolute Gasteiger partial charge is 0.152 e. The van der Waals surface area contributed by atoms with E-state index in [-0.39, 0.29) is 18.2 Å². The van der Waals surface area contributed by atoms with Crippen LogP contribution in [0.15, 0.2) is 30.3 Å². The fourth-order valence-electron chi connectivity index (χ4n) is 0.857. The zero-order chi connectivity index (χ0) is 8.27. The summed E-state index contributed by atoms with van der Waals surface area (Å²) in [6.07, 6.45) is 0. The van der Waals surface area contributed by atoms with Gasteiger partial charge in [0.2, 0.25) is 0 Å². The highest BCUT2D eigenvalue weighted by Crippen LogP contribution is 2.20. The molecule has 0 saturated carbocycles. The van der Waals surface area contributed by atoms with E-state index in [1.54, 1.807) is 0 Å². The van der Waals surface area contributed by atoms with Crippen molar-refractivity contribution in [3.05, 3.63) is 35.9 Å². The van der Waals surface area contributed by atoms with Crippen LogP contribution in [0.3, 0.4) is 0 Å². The van der Waals surface area contributed by atoms with E-state index in [2.05, 4.69) is 0 Å². The van der Waals surface area contributed by atoms with Crippen LogP contribution in [0.2, 0.25) is 0 Å². The first-order chi connectivity index (χ1) is 5.22. The molecule has 0 heterocycles. The minimum Gasteiger partial charge on any atom is -0.298 e. The van der Waals surface area contributed by atoms with Gasteiger partial charge in [0.15, 0.2) is 5.78 Å². The van der Waals surface area contributed by atoms with Gasteiger partial charge >= 0.3 is 0 Å². The quantitative estimate of drug-likeness (QED) is 0.678. The van der Waals surface area contributed by atoms with Gasteiger partial charge in [0.05, 0.1) is 0 Å². The number of Topliss-reactive ketones (excluding diaryl/α,β-unsaturated/α-hetero) is 1. The lowest BCUT2D eigenvalue weighted by atomic mass is 10.1. The number of carbonyl (C=O) groups is 1. The van der Waals surface area contributed by atoms with Crippen molar-refractivity contribution >= 4 is 29.8 Å². The zero-order valence-corrected chi connectivity index (χ0v) is 8.23. The van der Waals surface area contributed by atoms with E-state index >= 15 is 0 Å². The molecule has 66 valence electrons. The lowest BCUT2D eigenvalue weighted by Crippen LogP contribution is -2.00. The Morgan fingerprint density at radius 3 is 2.25 bits per heavy atom. The van der Waals surface area contributed by atoms with Crippen molar-refractivity contribution in [3.63, 3.8) is 0 Å². The van der Waals surface area contributed by atoms with Crippen molar-refractivity contribution in [2.75, 3.05) is 0 Å². The molecule has 0 aliphatic rings. The highest BCUT2D eigenvalue weighted by molar-refractivity contribution is 6.30. The molecule has 0 aromatic heterocycles. The number of hydrogen-bond acceptors (Lipinski definition) is 1. The molecule has 1 atom stereocenters. The Morgan fingerprint density at radius 1 is 1.33 bits per heavy atom. The Morgan fingerprint density at radius 2 is 1.83 bits per heavy atom. The molecule has 0 fully saturated rings. The molecule has 0 saturated heterocycles. The van der Waals surface area contributed by atoms with E-state index in [0.717, 1.165) is 5.56 Å². The van der Waals surface area contributed by atoms with Crippen LogP contribution in [0.25, 0.3) is 0 Å². The van der Waals surface area contributed by atoms with E-state index in [0.29, 0.717) is 0 Å². The molecule has 0 spiro atoms. The molecule has 0 bridgehead atoms. The topological polar surface area (TPSA) is 17.1 Å². The van der Waals surface area contributed by atoms with Crippen molar-refractivity contribution in [3.8, 4) is 0 Å². The molecule has 0 aliphatic carbocycles. The number of hydrogen-bond donors (Lipinski definition) is 0. The van der Waals surface area contributed by atoms with Crippen LogP contribution in [-0.4, -0.2) is 5.78 Å². The number of rotatable bonds is 2. The third kappa shape index (κ3) is 2.84. The summed E-state index contributed by atoms with van der Waals surface area (Å²) in [5, 5.41) is -0.490. The highest BCUT2D eigenvalue weighted by Gasteiger charge is 2.11. The second-order valence-corrected chi connectivity index (χ2v) is 2.82. The summed E-state index contributed by atoms with van der Waals surface area (Å²) in [4.78, 5) is 10.8. The number of carbonyl (C=O) groups excluding carboxylic acids is 1. The van der Waals surface area contributed by atoms with Gasteiger partial charge in [-0.1, -0.05) is 30.3 Å². The first-order valence-corrected chi connectivity index (χ1v) is 3.85. The maximum Gasteiger partial charge on any atom is 0.152 e. The number of halogens is 2. The fourth-order valence-corrected chi connectivity index (χ4v) is 1.00. The Labute approximate surface area is 83.1 Å². The molecule has 1 rings (SSSR count). The van der Waals surface area contributed by atoms with Gasteiger partial charge in [-0.15, -0.1) is 24.0 Å². The number of benzene rings is 1. The minimum atomic E-state index is -0.490. The second kappa shape index (κ2) is 5.18. The molecular weight excluding hydrogens is 195 g/mol. The number of ketones is 1. The summed E-state index contributed by atoms with van der Waals surface area (Å²) >= 11 is 5.79. The summed E-state index contributed by atoms with van der Waals surface area (Å²) in [5.74, 6) is -0.0159. The summed E-state index contributed by atoms with van der Waals surface area (Å²) in [6.45, 7) is 1.49. The maximum absolute atomic E-state index is 10.8. The molecule has 12 heavy (non-hydrogen) atoms. The van der Waals surface area contributed by atoms with Gasteiger partial charge in [-0.2, -0.15) is 0 Å². The van der Waals surface area contributed by atoms with Gasteiger partial charge in [0.1, 0.15) is 5.38 Å².